The summed E-state index contributed by atoms with van der Waals surface area (Å²) in [4.78, 5) is 11.5. The molecule has 3 N–H and O–H groups in total. The zero-order valence-electron chi connectivity index (χ0n) is 8.33. The highest BCUT2D eigenvalue weighted by atomic mass is 16.5. The van der Waals surface area contributed by atoms with Crippen LogP contribution < -0.4 is 15.8 Å². The zero-order valence-corrected chi connectivity index (χ0v) is 8.33. The average Bonchev–Trinajstić information content (AvgIpc) is 2.17. The van der Waals surface area contributed by atoms with E-state index in [2.05, 4.69) is 5.32 Å². The number of carbonyl (C=O) groups is 1. The van der Waals surface area contributed by atoms with Crippen molar-refractivity contribution in [2.24, 2.45) is 0 Å². The molecular formula is C10H14N2O2. The number of nitrogens with one attached hydrogen (secondary N) is 1. The minimum Gasteiger partial charge on any atom is -0.497 e. The maximum Gasteiger partial charge on any atom is 0.178 e. The lowest BCUT2D eigenvalue weighted by Crippen LogP contribution is -2.19. The molecule has 1 rings (SSSR count). The maximum atomic E-state index is 11.5. The van der Waals surface area contributed by atoms with Gasteiger partial charge in [0, 0.05) is 17.3 Å². The number of hydrogen-bond acceptors (Lipinski definition) is 4. The van der Waals surface area contributed by atoms with E-state index in [0.29, 0.717) is 17.0 Å². The van der Waals surface area contributed by atoms with Crippen molar-refractivity contribution in [3.63, 3.8) is 0 Å². The molecule has 1 aromatic rings. The van der Waals surface area contributed by atoms with Crippen molar-refractivity contribution in [2.75, 3.05) is 26.4 Å². The van der Waals surface area contributed by atoms with Gasteiger partial charge in [0.1, 0.15) is 5.75 Å². The predicted octanol–water partition coefficient (Wildman–Crippen LogP) is 0.680. The number of methoxy groups -OCH3 is 1. The summed E-state index contributed by atoms with van der Waals surface area (Å²) in [6, 6.07) is 5.04. The molecule has 0 heterocycles. The van der Waals surface area contributed by atoms with E-state index in [1.807, 2.05) is 0 Å². The van der Waals surface area contributed by atoms with Crippen LogP contribution in [0.4, 0.5) is 5.69 Å². The lowest BCUT2D eigenvalue weighted by atomic mass is 10.1. The normalized spacial score (nSPS) is 9.86. The first-order valence-electron chi connectivity index (χ1n) is 4.30. The number of nitrogens with two attached hydrogens (primary N) is 1. The molecule has 0 aliphatic rings. The molecule has 0 atom stereocenters. The van der Waals surface area contributed by atoms with Gasteiger partial charge in [0.15, 0.2) is 5.78 Å². The summed E-state index contributed by atoms with van der Waals surface area (Å²) in [6.45, 7) is 0.288. The van der Waals surface area contributed by atoms with E-state index in [0.717, 1.165) is 0 Å². The highest BCUT2D eigenvalue weighted by molar-refractivity contribution is 6.02. The van der Waals surface area contributed by atoms with Crippen LogP contribution in [-0.2, 0) is 0 Å². The molecule has 0 aliphatic heterocycles. The Hall–Kier alpha value is -1.55. The topological polar surface area (TPSA) is 64.3 Å². The summed E-state index contributed by atoms with van der Waals surface area (Å²) in [5, 5.41) is 2.79. The highest BCUT2D eigenvalue weighted by Crippen LogP contribution is 2.19. The summed E-state index contributed by atoms with van der Waals surface area (Å²) < 4.78 is 4.98. The van der Waals surface area contributed by atoms with Crippen LogP contribution in [0, 0.1) is 0 Å². The Balaban J connectivity index is 2.94. The molecule has 0 amide bonds. The van der Waals surface area contributed by atoms with Crippen molar-refractivity contribution in [1.29, 1.82) is 0 Å². The van der Waals surface area contributed by atoms with Crippen molar-refractivity contribution >= 4 is 11.5 Å². The Kier molecular flexibility index (Phi) is 3.48. The number of rotatable bonds is 4. The Bertz CT molecular complexity index is 337. The molecular weight excluding hydrogens is 180 g/mol. The van der Waals surface area contributed by atoms with Crippen molar-refractivity contribution in [3.05, 3.63) is 23.8 Å². The van der Waals surface area contributed by atoms with Gasteiger partial charge in [0.2, 0.25) is 0 Å². The van der Waals surface area contributed by atoms with E-state index in [1.165, 1.54) is 0 Å². The Morgan fingerprint density at radius 3 is 2.79 bits per heavy atom. The van der Waals surface area contributed by atoms with Crippen LogP contribution in [-0.4, -0.2) is 26.5 Å². The van der Waals surface area contributed by atoms with Crippen LogP contribution in [0.15, 0.2) is 18.2 Å². The molecule has 0 aromatic heterocycles. The molecule has 1 aromatic carbocycles. The molecule has 0 spiro atoms. The third kappa shape index (κ3) is 2.23. The third-order valence-corrected chi connectivity index (χ3v) is 1.90. The second-order valence-corrected chi connectivity index (χ2v) is 2.91. The Labute approximate surface area is 83.1 Å². The first-order valence-corrected chi connectivity index (χ1v) is 4.30. The van der Waals surface area contributed by atoms with E-state index in [1.54, 1.807) is 32.4 Å². The molecule has 0 saturated carbocycles. The fraction of sp³-hybridized carbons (Fsp3) is 0.300. The molecule has 0 unspecified atom stereocenters. The standard InChI is InChI=1S/C10H14N2O2/c1-12-6-10(13)8-4-3-7(14-2)5-9(8)11/h3-5,12H,6,11H2,1-2H3. The second kappa shape index (κ2) is 4.62. The number of nitrogen functional groups attached to an aromatic ring is 1. The van der Waals surface area contributed by atoms with Crippen molar-refractivity contribution in [2.45, 2.75) is 0 Å². The summed E-state index contributed by atoms with van der Waals surface area (Å²) in [6.07, 6.45) is 0. The van der Waals surface area contributed by atoms with Crippen LogP contribution >= 0.6 is 0 Å². The molecule has 0 aliphatic carbocycles. The minimum absolute atomic E-state index is 0.0207. The number of carbonyl (C=O) groups excluding carboxylic acids is 1. The Morgan fingerprint density at radius 1 is 1.57 bits per heavy atom. The molecule has 4 heteroatoms. The summed E-state index contributed by atoms with van der Waals surface area (Å²) in [7, 11) is 3.28. The number of anilines is 1. The van der Waals surface area contributed by atoms with Crippen LogP contribution in [0.25, 0.3) is 0 Å². The van der Waals surface area contributed by atoms with Gasteiger partial charge in [-0.05, 0) is 19.2 Å². The quantitative estimate of drug-likeness (QED) is 0.546. The number of ether oxygens (including phenoxy) is 1. The number of likely N-dealkylation sites (N-methyl/N-ethyl adjacent to an activating group) is 1. The Morgan fingerprint density at radius 2 is 2.29 bits per heavy atom. The SMILES string of the molecule is CNCC(=O)c1ccc(OC)cc1N. The van der Waals surface area contributed by atoms with Crippen molar-refractivity contribution < 1.29 is 9.53 Å². The van der Waals surface area contributed by atoms with Crippen LogP contribution in [0.1, 0.15) is 10.4 Å². The van der Waals surface area contributed by atoms with Crippen LogP contribution in [0.2, 0.25) is 0 Å². The lowest BCUT2D eigenvalue weighted by Gasteiger charge is -2.06. The summed E-state index contributed by atoms with van der Waals surface area (Å²) >= 11 is 0. The molecule has 0 fully saturated rings. The number of benzene rings is 1. The van der Waals surface area contributed by atoms with Gasteiger partial charge in [-0.1, -0.05) is 0 Å². The average molecular weight is 194 g/mol. The fourth-order valence-electron chi connectivity index (χ4n) is 1.18. The van der Waals surface area contributed by atoms with Crippen LogP contribution in [0.3, 0.4) is 0 Å². The molecule has 4 nitrogen and oxygen atoms in total. The van der Waals surface area contributed by atoms with E-state index in [9.17, 15) is 4.79 Å². The summed E-state index contributed by atoms with van der Waals surface area (Å²) in [5.41, 5.74) is 6.68. The third-order valence-electron chi connectivity index (χ3n) is 1.90. The first kappa shape index (κ1) is 10.5. The number of ketones is 1. The second-order valence-electron chi connectivity index (χ2n) is 2.91. The van der Waals surface area contributed by atoms with Crippen molar-refractivity contribution in [3.8, 4) is 5.75 Å². The zero-order chi connectivity index (χ0) is 10.6. The van der Waals surface area contributed by atoms with Gasteiger partial charge in [0.25, 0.3) is 0 Å². The van der Waals surface area contributed by atoms with Gasteiger partial charge in [0.05, 0.1) is 13.7 Å². The van der Waals surface area contributed by atoms with Crippen LogP contribution in [0.5, 0.6) is 5.75 Å². The summed E-state index contributed by atoms with van der Waals surface area (Å²) in [5.74, 6) is 0.635. The van der Waals surface area contributed by atoms with Gasteiger partial charge in [-0.15, -0.1) is 0 Å². The van der Waals surface area contributed by atoms with Gasteiger partial charge >= 0.3 is 0 Å². The van der Waals surface area contributed by atoms with Gasteiger partial charge < -0.3 is 15.8 Å². The lowest BCUT2D eigenvalue weighted by molar-refractivity contribution is 0.0994. The maximum absolute atomic E-state index is 11.5. The number of hydrogen-bond donors (Lipinski definition) is 2. The van der Waals surface area contributed by atoms with Gasteiger partial charge in [-0.2, -0.15) is 0 Å². The smallest absolute Gasteiger partial charge is 0.178 e. The fourth-order valence-corrected chi connectivity index (χ4v) is 1.18. The molecule has 76 valence electrons. The van der Waals surface area contributed by atoms with E-state index in [-0.39, 0.29) is 12.3 Å². The van der Waals surface area contributed by atoms with Gasteiger partial charge in [-0.3, -0.25) is 4.79 Å². The van der Waals surface area contributed by atoms with Gasteiger partial charge in [-0.25, -0.2) is 0 Å². The minimum atomic E-state index is -0.0207. The molecule has 14 heavy (non-hydrogen) atoms. The van der Waals surface area contributed by atoms with Crippen molar-refractivity contribution in [1.82, 2.24) is 5.32 Å². The molecule has 0 radical (unpaired) electrons. The van der Waals surface area contributed by atoms with E-state index < -0.39 is 0 Å². The molecule has 0 saturated heterocycles. The van der Waals surface area contributed by atoms with E-state index in [4.69, 9.17) is 10.5 Å². The first-order chi connectivity index (χ1) is 6.69. The largest absolute Gasteiger partial charge is 0.497 e. The number of Topliss-reactive ketones (excluding diaryl/α,β-unsaturated/α-hetero) is 1. The molecule has 0 bridgehead atoms. The van der Waals surface area contributed by atoms with E-state index >= 15 is 0 Å². The predicted molar refractivity (Wildman–Crippen MR) is 55.7 cm³/mol. The highest BCUT2D eigenvalue weighted by Gasteiger charge is 2.08. The monoisotopic (exact) mass is 194 g/mol.